The molecule has 0 unspecified atom stereocenters. The largest absolute Gasteiger partial charge is 0.347 e. The highest BCUT2D eigenvalue weighted by molar-refractivity contribution is 5.93. The maximum atomic E-state index is 12.6. The number of aryl methyl sites for hydroxylation is 1. The molecule has 2 saturated heterocycles. The number of carbonyl (C=O) groups excluding carboxylic acids is 2. The van der Waals surface area contributed by atoms with E-state index in [0.717, 1.165) is 16.8 Å². The third-order valence-corrected chi connectivity index (χ3v) is 5.49. The molecule has 0 radical (unpaired) electrons. The molecule has 2 amide bonds. The van der Waals surface area contributed by atoms with Crippen LogP contribution in [0.3, 0.4) is 0 Å². The van der Waals surface area contributed by atoms with Crippen LogP contribution in [-0.2, 0) is 19.1 Å². The van der Waals surface area contributed by atoms with E-state index in [9.17, 15) is 9.59 Å². The summed E-state index contributed by atoms with van der Waals surface area (Å²) in [5.74, 6) is -0.438. The first-order valence-electron chi connectivity index (χ1n) is 9.32. The molecule has 2 heterocycles. The Morgan fingerprint density at radius 1 is 1.15 bits per heavy atom. The van der Waals surface area contributed by atoms with Crippen molar-refractivity contribution in [1.82, 2.24) is 4.90 Å². The molecule has 1 aromatic carbocycles. The number of hydrogen-bond acceptors (Lipinski definition) is 4. The molecule has 0 N–H and O–H groups in total. The molecule has 142 valence electrons. The van der Waals surface area contributed by atoms with Crippen molar-refractivity contribution in [2.24, 2.45) is 0 Å². The van der Waals surface area contributed by atoms with Gasteiger partial charge in [-0.3, -0.25) is 9.59 Å². The zero-order valence-corrected chi connectivity index (χ0v) is 15.9. The number of rotatable bonds is 4. The van der Waals surface area contributed by atoms with Crippen LogP contribution in [0.25, 0.3) is 0 Å². The van der Waals surface area contributed by atoms with Crippen molar-refractivity contribution in [2.75, 3.05) is 37.7 Å². The molecule has 0 bridgehead atoms. The molecule has 3 rings (SSSR count). The van der Waals surface area contributed by atoms with E-state index >= 15 is 0 Å². The maximum Gasteiger partial charge on any atom is 0.224 e. The molecule has 6 nitrogen and oxygen atoms in total. The third kappa shape index (κ3) is 3.91. The normalized spacial score (nSPS) is 19.0. The molecule has 26 heavy (non-hydrogen) atoms. The van der Waals surface area contributed by atoms with Gasteiger partial charge in [0.2, 0.25) is 11.8 Å². The van der Waals surface area contributed by atoms with Gasteiger partial charge in [-0.2, -0.15) is 0 Å². The Labute approximate surface area is 155 Å². The number of piperidine rings is 1. The predicted octanol–water partition coefficient (Wildman–Crippen LogP) is 2.41. The molecule has 1 aromatic rings. The molecule has 0 saturated carbocycles. The van der Waals surface area contributed by atoms with Crippen LogP contribution in [-0.4, -0.2) is 55.3 Å². The lowest BCUT2D eigenvalue weighted by atomic mass is 10.0. The van der Waals surface area contributed by atoms with Gasteiger partial charge in [-0.15, -0.1) is 0 Å². The number of amides is 2. The van der Waals surface area contributed by atoms with E-state index < -0.39 is 5.79 Å². The summed E-state index contributed by atoms with van der Waals surface area (Å²) in [6, 6.07) is 5.91. The van der Waals surface area contributed by atoms with Crippen molar-refractivity contribution in [3.8, 4) is 0 Å². The van der Waals surface area contributed by atoms with Gasteiger partial charge in [0.1, 0.15) is 0 Å². The zero-order valence-electron chi connectivity index (χ0n) is 15.9. The lowest BCUT2D eigenvalue weighted by Crippen LogP contribution is -2.48. The molecule has 2 aliphatic heterocycles. The smallest absolute Gasteiger partial charge is 0.224 e. The summed E-state index contributed by atoms with van der Waals surface area (Å²) in [4.78, 5) is 28.3. The summed E-state index contributed by atoms with van der Waals surface area (Å²) >= 11 is 0. The topological polar surface area (TPSA) is 59.1 Å². The second-order valence-corrected chi connectivity index (χ2v) is 7.13. The van der Waals surface area contributed by atoms with Crippen LogP contribution >= 0.6 is 0 Å². The van der Waals surface area contributed by atoms with Gasteiger partial charge < -0.3 is 19.3 Å². The van der Waals surface area contributed by atoms with E-state index in [-0.39, 0.29) is 11.8 Å². The van der Waals surface area contributed by atoms with Gasteiger partial charge in [0.05, 0.1) is 13.2 Å². The molecule has 0 aliphatic carbocycles. The van der Waals surface area contributed by atoms with E-state index in [1.54, 1.807) is 11.8 Å². The second kappa shape index (κ2) is 7.76. The minimum Gasteiger partial charge on any atom is -0.347 e. The number of nitrogens with zero attached hydrogens (tertiary/aromatic N) is 2. The van der Waals surface area contributed by atoms with Crippen LogP contribution in [0.4, 0.5) is 5.69 Å². The molecule has 0 aromatic heterocycles. The van der Waals surface area contributed by atoms with E-state index in [4.69, 9.17) is 9.47 Å². The highest BCUT2D eigenvalue weighted by atomic mass is 16.7. The predicted molar refractivity (Wildman–Crippen MR) is 99.0 cm³/mol. The Morgan fingerprint density at radius 3 is 2.42 bits per heavy atom. The minimum absolute atomic E-state index is 0.0446. The number of benzene rings is 1. The SMILES string of the molecule is CC(=O)N(CCC(=O)N1CCC2(CC1)OCCO2)c1cccc(C)c1C. The minimum atomic E-state index is -0.471. The van der Waals surface area contributed by atoms with Crippen molar-refractivity contribution in [2.45, 2.75) is 45.8 Å². The van der Waals surface area contributed by atoms with Gasteiger partial charge in [-0.05, 0) is 31.0 Å². The molecule has 0 atom stereocenters. The lowest BCUT2D eigenvalue weighted by molar-refractivity contribution is -0.187. The molecule has 2 fully saturated rings. The van der Waals surface area contributed by atoms with Gasteiger partial charge >= 0.3 is 0 Å². The Balaban J connectivity index is 1.58. The Bertz CT molecular complexity index is 672. The Morgan fingerprint density at radius 2 is 1.81 bits per heavy atom. The van der Waals surface area contributed by atoms with Crippen LogP contribution in [0.15, 0.2) is 18.2 Å². The van der Waals surface area contributed by atoms with Gasteiger partial charge in [-0.25, -0.2) is 0 Å². The van der Waals surface area contributed by atoms with Crippen LogP contribution in [0.5, 0.6) is 0 Å². The zero-order chi connectivity index (χ0) is 18.7. The van der Waals surface area contributed by atoms with Crippen molar-refractivity contribution in [3.05, 3.63) is 29.3 Å². The first kappa shape index (κ1) is 18.9. The standard InChI is InChI=1S/C20H28N2O4/c1-15-5-4-6-18(16(15)2)22(17(3)23)10-7-19(24)21-11-8-20(9-12-21)25-13-14-26-20/h4-6H,7-14H2,1-3H3. The van der Waals surface area contributed by atoms with Crippen molar-refractivity contribution in [1.29, 1.82) is 0 Å². The quantitative estimate of drug-likeness (QED) is 0.827. The fraction of sp³-hybridized carbons (Fsp3) is 0.600. The van der Waals surface area contributed by atoms with Crippen molar-refractivity contribution in [3.63, 3.8) is 0 Å². The number of ether oxygens (including phenoxy) is 2. The third-order valence-electron chi connectivity index (χ3n) is 5.49. The first-order valence-corrected chi connectivity index (χ1v) is 9.32. The van der Waals surface area contributed by atoms with Crippen LogP contribution < -0.4 is 4.90 Å². The monoisotopic (exact) mass is 360 g/mol. The van der Waals surface area contributed by atoms with E-state index in [2.05, 4.69) is 0 Å². The fourth-order valence-corrected chi connectivity index (χ4v) is 3.72. The molecule has 2 aliphatic rings. The number of likely N-dealkylation sites (tertiary alicyclic amines) is 1. The highest BCUT2D eigenvalue weighted by Crippen LogP contribution is 2.31. The molecular formula is C20H28N2O4. The number of hydrogen-bond donors (Lipinski definition) is 0. The lowest BCUT2D eigenvalue weighted by Gasteiger charge is -2.37. The van der Waals surface area contributed by atoms with Crippen molar-refractivity contribution < 1.29 is 19.1 Å². The summed E-state index contributed by atoms with van der Waals surface area (Å²) in [7, 11) is 0. The first-order chi connectivity index (χ1) is 12.4. The maximum absolute atomic E-state index is 12.6. The summed E-state index contributed by atoms with van der Waals surface area (Å²) in [5, 5.41) is 0. The van der Waals surface area contributed by atoms with Gasteiger partial charge in [0, 0.05) is 51.5 Å². The summed E-state index contributed by atoms with van der Waals surface area (Å²) in [6.07, 6.45) is 1.75. The van der Waals surface area contributed by atoms with Gasteiger partial charge in [0.15, 0.2) is 5.79 Å². The molecule has 6 heteroatoms. The molecule has 1 spiro atoms. The summed E-state index contributed by atoms with van der Waals surface area (Å²) in [6.45, 7) is 8.53. The number of carbonyl (C=O) groups is 2. The van der Waals surface area contributed by atoms with Crippen molar-refractivity contribution >= 4 is 17.5 Å². The highest BCUT2D eigenvalue weighted by Gasteiger charge is 2.40. The van der Waals surface area contributed by atoms with Gasteiger partial charge in [0.25, 0.3) is 0 Å². The Hall–Kier alpha value is -1.92. The van der Waals surface area contributed by atoms with Gasteiger partial charge in [-0.1, -0.05) is 12.1 Å². The van der Waals surface area contributed by atoms with E-state index in [0.29, 0.717) is 52.1 Å². The fourth-order valence-electron chi connectivity index (χ4n) is 3.72. The molecular weight excluding hydrogens is 332 g/mol. The summed E-state index contributed by atoms with van der Waals surface area (Å²) in [5.41, 5.74) is 3.10. The average molecular weight is 360 g/mol. The second-order valence-electron chi connectivity index (χ2n) is 7.13. The van der Waals surface area contributed by atoms with E-state index in [1.807, 2.05) is 36.9 Å². The van der Waals surface area contributed by atoms with Crippen LogP contribution in [0.2, 0.25) is 0 Å². The van der Waals surface area contributed by atoms with Crippen LogP contribution in [0.1, 0.15) is 37.3 Å². The average Bonchev–Trinajstić information content (AvgIpc) is 3.07. The summed E-state index contributed by atoms with van der Waals surface area (Å²) < 4.78 is 11.4. The number of anilines is 1. The van der Waals surface area contributed by atoms with E-state index in [1.165, 1.54) is 0 Å². The Kier molecular flexibility index (Phi) is 5.63. The van der Waals surface area contributed by atoms with Crippen LogP contribution in [0, 0.1) is 13.8 Å².